The summed E-state index contributed by atoms with van der Waals surface area (Å²) < 4.78 is 5.87. The van der Waals surface area contributed by atoms with Crippen LogP contribution in [0.1, 0.15) is 52.7 Å². The lowest BCUT2D eigenvalue weighted by atomic mass is 9.96. The average molecular weight is 487 g/mol. The molecule has 0 saturated carbocycles. The highest BCUT2D eigenvalue weighted by molar-refractivity contribution is 5.95. The number of amides is 2. The third-order valence-electron chi connectivity index (χ3n) is 7.11. The summed E-state index contributed by atoms with van der Waals surface area (Å²) in [6.07, 6.45) is 2.50. The maximum atomic E-state index is 12.7. The van der Waals surface area contributed by atoms with E-state index in [1.165, 1.54) is 11.1 Å². The Morgan fingerprint density at radius 3 is 2.25 bits per heavy atom. The Morgan fingerprint density at radius 2 is 1.58 bits per heavy atom. The highest BCUT2D eigenvalue weighted by Gasteiger charge is 2.27. The summed E-state index contributed by atoms with van der Waals surface area (Å²) in [5.41, 5.74) is 2.61. The van der Waals surface area contributed by atoms with Crippen LogP contribution in [0.4, 0.5) is 0 Å². The van der Waals surface area contributed by atoms with Gasteiger partial charge in [-0.3, -0.25) is 19.4 Å². The Labute approximate surface area is 212 Å². The van der Waals surface area contributed by atoms with Crippen LogP contribution in [-0.4, -0.2) is 60.4 Å². The van der Waals surface area contributed by atoms with Crippen molar-refractivity contribution in [2.45, 2.75) is 37.9 Å². The zero-order valence-corrected chi connectivity index (χ0v) is 20.6. The first-order valence-corrected chi connectivity index (χ1v) is 12.9. The van der Waals surface area contributed by atoms with Gasteiger partial charge in [-0.05, 0) is 42.5 Å². The first kappa shape index (κ1) is 24.3. The quantitative estimate of drug-likeness (QED) is 0.534. The van der Waals surface area contributed by atoms with Crippen LogP contribution in [0.3, 0.4) is 0 Å². The summed E-state index contributed by atoms with van der Waals surface area (Å²) in [5.74, 6) is 0.576. The minimum atomic E-state index is -0.496. The molecule has 2 aliphatic rings. The van der Waals surface area contributed by atoms with E-state index in [1.807, 2.05) is 6.07 Å². The van der Waals surface area contributed by atoms with Gasteiger partial charge in [-0.25, -0.2) is 0 Å². The van der Waals surface area contributed by atoms with Gasteiger partial charge in [-0.1, -0.05) is 60.7 Å². The van der Waals surface area contributed by atoms with Crippen molar-refractivity contribution in [3.63, 3.8) is 0 Å². The van der Waals surface area contributed by atoms with Crippen LogP contribution < -0.4 is 10.6 Å². The van der Waals surface area contributed by atoms with Gasteiger partial charge in [0, 0.05) is 32.7 Å². The smallest absolute Gasteiger partial charge is 0.287 e. The molecule has 2 aromatic carbocycles. The predicted octanol–water partition coefficient (Wildman–Crippen LogP) is 3.59. The molecule has 5 rings (SSSR count). The minimum Gasteiger partial charge on any atom is -0.455 e. The molecule has 7 heteroatoms. The van der Waals surface area contributed by atoms with Crippen LogP contribution in [0.5, 0.6) is 0 Å². The van der Waals surface area contributed by atoms with E-state index in [1.54, 1.807) is 6.07 Å². The molecule has 2 saturated heterocycles. The number of nitrogens with zero attached hydrogens (tertiary/aromatic N) is 2. The Bertz CT molecular complexity index is 1100. The first-order valence-electron chi connectivity index (χ1n) is 12.9. The van der Waals surface area contributed by atoms with E-state index in [0.717, 1.165) is 44.8 Å². The highest BCUT2D eigenvalue weighted by Crippen LogP contribution is 2.29. The normalized spacial score (nSPS) is 19.6. The molecule has 2 aliphatic heterocycles. The van der Waals surface area contributed by atoms with Gasteiger partial charge in [-0.2, -0.15) is 0 Å². The zero-order chi connectivity index (χ0) is 24.7. The molecule has 0 aliphatic carbocycles. The topological polar surface area (TPSA) is 77.8 Å². The number of nitrogens with one attached hydrogen (secondary N) is 2. The molecule has 0 radical (unpaired) electrons. The molecule has 2 N–H and O–H groups in total. The van der Waals surface area contributed by atoms with Gasteiger partial charge < -0.3 is 15.1 Å². The lowest BCUT2D eigenvalue weighted by molar-refractivity contribution is -0.122. The van der Waals surface area contributed by atoms with Gasteiger partial charge in [0.2, 0.25) is 5.91 Å². The van der Waals surface area contributed by atoms with E-state index in [-0.39, 0.29) is 23.6 Å². The van der Waals surface area contributed by atoms with Crippen molar-refractivity contribution in [1.82, 2.24) is 20.4 Å². The van der Waals surface area contributed by atoms with Crippen molar-refractivity contribution in [2.75, 3.05) is 32.7 Å². The molecule has 1 atom stereocenters. The summed E-state index contributed by atoms with van der Waals surface area (Å²) >= 11 is 0. The number of hydrogen-bond donors (Lipinski definition) is 2. The van der Waals surface area contributed by atoms with Crippen LogP contribution in [0.15, 0.2) is 77.2 Å². The second-order valence-electron chi connectivity index (χ2n) is 9.61. The fourth-order valence-electron chi connectivity index (χ4n) is 5.18. The molecule has 188 valence electrons. The van der Waals surface area contributed by atoms with Crippen LogP contribution in [-0.2, 0) is 11.3 Å². The summed E-state index contributed by atoms with van der Waals surface area (Å²) in [6.45, 7) is 5.05. The maximum absolute atomic E-state index is 12.7. The van der Waals surface area contributed by atoms with Gasteiger partial charge in [0.15, 0.2) is 5.76 Å². The Balaban J connectivity index is 1.18. The summed E-state index contributed by atoms with van der Waals surface area (Å²) in [5, 5.41) is 5.67. The van der Waals surface area contributed by atoms with Gasteiger partial charge in [-0.15, -0.1) is 0 Å². The summed E-state index contributed by atoms with van der Waals surface area (Å²) in [4.78, 5) is 29.7. The standard InChI is InChI=1S/C29H34N4O3/c34-28-25(13-7-8-16-30-28)31-29(35)26-15-14-24(36-26)21-32-17-19-33(20-18-32)27(22-9-3-1-4-10-22)23-11-5-2-6-12-23/h1-6,9-12,14-15,25,27H,7-8,13,16-21H2,(H,30,34)(H,31,35). The van der Waals surface area contributed by atoms with Gasteiger partial charge in [0.25, 0.3) is 5.91 Å². The molecule has 2 fully saturated rings. The van der Waals surface area contributed by atoms with E-state index < -0.39 is 6.04 Å². The summed E-state index contributed by atoms with van der Waals surface area (Å²) in [6, 6.07) is 24.7. The van der Waals surface area contributed by atoms with Crippen molar-refractivity contribution in [3.05, 3.63) is 95.4 Å². The van der Waals surface area contributed by atoms with Crippen LogP contribution in [0, 0.1) is 0 Å². The fraction of sp³-hybridized carbons (Fsp3) is 0.379. The van der Waals surface area contributed by atoms with E-state index in [4.69, 9.17) is 4.42 Å². The van der Waals surface area contributed by atoms with Gasteiger partial charge in [0.05, 0.1) is 12.6 Å². The minimum absolute atomic E-state index is 0.116. The Hall–Kier alpha value is -3.42. The average Bonchev–Trinajstić information content (AvgIpc) is 3.29. The molecule has 1 unspecified atom stereocenters. The third-order valence-corrected chi connectivity index (χ3v) is 7.11. The molecule has 3 heterocycles. The van der Waals surface area contributed by atoms with Crippen molar-refractivity contribution >= 4 is 11.8 Å². The Morgan fingerprint density at radius 1 is 0.917 bits per heavy atom. The van der Waals surface area contributed by atoms with E-state index in [2.05, 4.69) is 81.1 Å². The van der Waals surface area contributed by atoms with Crippen molar-refractivity contribution in [1.29, 1.82) is 0 Å². The number of carbonyl (C=O) groups is 2. The zero-order valence-electron chi connectivity index (χ0n) is 20.6. The highest BCUT2D eigenvalue weighted by atomic mass is 16.4. The van der Waals surface area contributed by atoms with Crippen molar-refractivity contribution < 1.29 is 14.0 Å². The maximum Gasteiger partial charge on any atom is 0.287 e. The van der Waals surface area contributed by atoms with Crippen molar-refractivity contribution in [3.8, 4) is 0 Å². The number of carbonyl (C=O) groups excluding carboxylic acids is 2. The third kappa shape index (κ3) is 5.86. The number of piperazine rings is 1. The monoisotopic (exact) mass is 486 g/mol. The lowest BCUT2D eigenvalue weighted by Crippen LogP contribution is -2.47. The van der Waals surface area contributed by atoms with Crippen LogP contribution in [0.25, 0.3) is 0 Å². The van der Waals surface area contributed by atoms with E-state index in [9.17, 15) is 9.59 Å². The number of benzene rings is 2. The number of rotatable bonds is 7. The van der Waals surface area contributed by atoms with Crippen molar-refractivity contribution in [2.24, 2.45) is 0 Å². The molecule has 7 nitrogen and oxygen atoms in total. The van der Waals surface area contributed by atoms with E-state index >= 15 is 0 Å². The second kappa shape index (κ2) is 11.5. The Kier molecular flexibility index (Phi) is 7.79. The van der Waals surface area contributed by atoms with Crippen LogP contribution >= 0.6 is 0 Å². The lowest BCUT2D eigenvalue weighted by Gasteiger charge is -2.39. The molecule has 3 aromatic rings. The molecular weight excluding hydrogens is 452 g/mol. The van der Waals surface area contributed by atoms with Gasteiger partial charge >= 0.3 is 0 Å². The van der Waals surface area contributed by atoms with E-state index in [0.29, 0.717) is 19.5 Å². The number of furan rings is 1. The molecule has 2 amide bonds. The predicted molar refractivity (Wildman–Crippen MR) is 138 cm³/mol. The molecule has 36 heavy (non-hydrogen) atoms. The second-order valence-corrected chi connectivity index (χ2v) is 9.61. The first-order chi connectivity index (χ1) is 17.7. The molecule has 0 spiro atoms. The molecular formula is C29H34N4O3. The summed E-state index contributed by atoms with van der Waals surface area (Å²) in [7, 11) is 0. The molecule has 0 bridgehead atoms. The SMILES string of the molecule is O=C(NC1CCCCNC1=O)c1ccc(CN2CCN(C(c3ccccc3)c3ccccc3)CC2)o1. The molecule has 1 aromatic heterocycles. The largest absolute Gasteiger partial charge is 0.455 e. The fourth-order valence-corrected chi connectivity index (χ4v) is 5.18. The number of hydrogen-bond acceptors (Lipinski definition) is 5. The van der Waals surface area contributed by atoms with Gasteiger partial charge in [0.1, 0.15) is 11.8 Å². The van der Waals surface area contributed by atoms with Crippen LogP contribution in [0.2, 0.25) is 0 Å².